The average molecular weight is 512 g/mol. The summed E-state index contributed by atoms with van der Waals surface area (Å²) < 4.78 is 0. The van der Waals surface area contributed by atoms with Crippen LogP contribution in [0.4, 0.5) is 0 Å². The number of hydrogen-bond acceptors (Lipinski definition) is 8. The number of H-pyrrole nitrogens is 1. The molecule has 0 radical (unpaired) electrons. The third kappa shape index (κ3) is 10.8. The lowest BCUT2D eigenvalue weighted by Gasteiger charge is -2.25. The van der Waals surface area contributed by atoms with Crippen molar-refractivity contribution in [1.82, 2.24) is 25.9 Å². The van der Waals surface area contributed by atoms with Crippen LogP contribution in [-0.2, 0) is 30.4 Å². The molecule has 1 aromatic heterocycles. The first kappa shape index (κ1) is 30.5. The molecule has 202 valence electrons. The predicted molar refractivity (Wildman–Crippen MR) is 128 cm³/mol. The van der Waals surface area contributed by atoms with Gasteiger partial charge >= 0.3 is 11.9 Å². The summed E-state index contributed by atoms with van der Waals surface area (Å²) in [5.74, 6) is -5.13. The monoisotopic (exact) mass is 511 g/mol. The highest BCUT2D eigenvalue weighted by Gasteiger charge is 2.31. The van der Waals surface area contributed by atoms with Crippen LogP contribution in [0.5, 0.6) is 0 Å². The highest BCUT2D eigenvalue weighted by atomic mass is 16.4. The van der Waals surface area contributed by atoms with E-state index < -0.39 is 66.2 Å². The van der Waals surface area contributed by atoms with Crippen LogP contribution >= 0.6 is 0 Å². The van der Waals surface area contributed by atoms with Gasteiger partial charge in [0.25, 0.3) is 0 Å². The molecule has 0 spiro atoms. The van der Waals surface area contributed by atoms with Gasteiger partial charge in [0.05, 0.1) is 12.4 Å². The van der Waals surface area contributed by atoms with Crippen molar-refractivity contribution in [2.75, 3.05) is 6.54 Å². The summed E-state index contributed by atoms with van der Waals surface area (Å²) in [7, 11) is 0. The molecule has 36 heavy (non-hydrogen) atoms. The van der Waals surface area contributed by atoms with Crippen molar-refractivity contribution in [2.24, 2.45) is 17.4 Å². The molecule has 14 heteroatoms. The van der Waals surface area contributed by atoms with Crippen molar-refractivity contribution < 1.29 is 34.2 Å². The second-order valence-electron chi connectivity index (χ2n) is 8.80. The van der Waals surface area contributed by atoms with Crippen LogP contribution in [0.15, 0.2) is 12.5 Å². The van der Waals surface area contributed by atoms with Crippen LogP contribution in [0.25, 0.3) is 0 Å². The molecular weight excluding hydrogens is 474 g/mol. The van der Waals surface area contributed by atoms with E-state index in [4.69, 9.17) is 16.6 Å². The van der Waals surface area contributed by atoms with Gasteiger partial charge in [0, 0.05) is 24.7 Å². The van der Waals surface area contributed by atoms with E-state index in [1.165, 1.54) is 12.5 Å². The van der Waals surface area contributed by atoms with Crippen LogP contribution in [0.1, 0.15) is 51.6 Å². The number of carboxylic acids is 2. The summed E-state index contributed by atoms with van der Waals surface area (Å²) >= 11 is 0. The zero-order valence-electron chi connectivity index (χ0n) is 20.5. The fraction of sp³-hybridized carbons (Fsp3) is 0.636. The Morgan fingerprint density at radius 1 is 0.972 bits per heavy atom. The molecule has 10 N–H and O–H groups in total. The zero-order chi connectivity index (χ0) is 27.3. The Labute approximate surface area is 209 Å². The van der Waals surface area contributed by atoms with Crippen LogP contribution < -0.4 is 27.4 Å². The van der Waals surface area contributed by atoms with E-state index in [1.54, 1.807) is 13.8 Å². The van der Waals surface area contributed by atoms with Crippen LogP contribution in [0.3, 0.4) is 0 Å². The Morgan fingerprint density at radius 3 is 2.14 bits per heavy atom. The van der Waals surface area contributed by atoms with Gasteiger partial charge in [-0.15, -0.1) is 0 Å². The number of unbranched alkanes of at least 4 members (excludes halogenated alkanes) is 1. The number of aliphatic carboxylic acids is 2. The highest BCUT2D eigenvalue weighted by molar-refractivity contribution is 5.94. The molecule has 0 fully saturated rings. The maximum atomic E-state index is 13.1. The third-order valence-corrected chi connectivity index (χ3v) is 5.43. The molecule has 3 amide bonds. The molecule has 1 aromatic rings. The summed E-state index contributed by atoms with van der Waals surface area (Å²) in [6.45, 7) is 3.64. The van der Waals surface area contributed by atoms with Crippen molar-refractivity contribution in [3.8, 4) is 0 Å². The molecular formula is C22H37N7O7. The first-order valence-corrected chi connectivity index (χ1v) is 11.7. The van der Waals surface area contributed by atoms with Crippen molar-refractivity contribution in [2.45, 2.75) is 76.5 Å². The molecule has 0 aromatic carbocycles. The minimum absolute atomic E-state index is 0.00981. The van der Waals surface area contributed by atoms with Crippen molar-refractivity contribution in [3.05, 3.63) is 18.2 Å². The number of nitrogens with one attached hydrogen (secondary N) is 4. The fourth-order valence-corrected chi connectivity index (χ4v) is 3.32. The molecule has 4 unspecified atom stereocenters. The van der Waals surface area contributed by atoms with Gasteiger partial charge in [0.15, 0.2) is 0 Å². The maximum absolute atomic E-state index is 13.1. The summed E-state index contributed by atoms with van der Waals surface area (Å²) in [6, 6.07) is -4.65. The number of amides is 3. The summed E-state index contributed by atoms with van der Waals surface area (Å²) in [4.78, 5) is 67.8. The minimum atomic E-state index is -1.35. The lowest BCUT2D eigenvalue weighted by atomic mass is 10.0. The SMILES string of the molecule is CC(C)C(NC(=O)C(CCC(=O)O)NC(=O)C(Cc1cnc[nH]1)NC(=O)C(N)CCCCN)C(=O)O. The van der Waals surface area contributed by atoms with E-state index in [2.05, 4.69) is 25.9 Å². The van der Waals surface area contributed by atoms with Crippen LogP contribution in [-0.4, -0.2) is 80.6 Å². The van der Waals surface area contributed by atoms with Gasteiger partial charge in [-0.05, 0) is 31.7 Å². The molecule has 0 saturated carbocycles. The molecule has 14 nitrogen and oxygen atoms in total. The number of hydrogen-bond donors (Lipinski definition) is 8. The number of aromatic nitrogens is 2. The number of carbonyl (C=O) groups excluding carboxylic acids is 3. The Bertz CT molecular complexity index is 876. The maximum Gasteiger partial charge on any atom is 0.326 e. The second kappa shape index (κ2) is 15.5. The lowest BCUT2D eigenvalue weighted by molar-refractivity contribution is -0.144. The Balaban J connectivity index is 3.04. The lowest BCUT2D eigenvalue weighted by Crippen LogP contribution is -2.58. The van der Waals surface area contributed by atoms with Gasteiger partial charge in [-0.2, -0.15) is 0 Å². The highest BCUT2D eigenvalue weighted by Crippen LogP contribution is 2.07. The number of imidazole rings is 1. The van der Waals surface area contributed by atoms with Crippen LogP contribution in [0, 0.1) is 5.92 Å². The van der Waals surface area contributed by atoms with Crippen molar-refractivity contribution >= 4 is 29.7 Å². The zero-order valence-corrected chi connectivity index (χ0v) is 20.5. The van der Waals surface area contributed by atoms with E-state index in [9.17, 15) is 29.1 Å². The number of carbonyl (C=O) groups is 5. The molecule has 0 bridgehead atoms. The van der Waals surface area contributed by atoms with E-state index in [0.717, 1.165) is 0 Å². The molecule has 1 heterocycles. The minimum Gasteiger partial charge on any atom is -0.481 e. The molecule has 1 rings (SSSR count). The standard InChI is InChI=1S/C22H37N7O7/c1-12(2)18(22(35)36)29-20(33)15(6-7-17(30)31)27-21(34)16(9-13-10-25-11-26-13)28-19(32)14(24)5-3-4-8-23/h10-12,14-16,18H,3-9,23-24H2,1-2H3,(H,25,26)(H,27,34)(H,28,32)(H,29,33)(H,30,31)(H,35,36). The van der Waals surface area contributed by atoms with Gasteiger partial charge in [-0.3, -0.25) is 19.2 Å². The second-order valence-corrected chi connectivity index (χ2v) is 8.80. The molecule has 0 aliphatic carbocycles. The smallest absolute Gasteiger partial charge is 0.326 e. The van der Waals surface area contributed by atoms with E-state index in [-0.39, 0.29) is 12.8 Å². The number of rotatable bonds is 17. The Morgan fingerprint density at radius 2 is 1.61 bits per heavy atom. The summed E-state index contributed by atoms with van der Waals surface area (Å²) in [5.41, 5.74) is 11.9. The molecule has 0 saturated heterocycles. The van der Waals surface area contributed by atoms with Gasteiger partial charge in [0.1, 0.15) is 18.1 Å². The molecule has 0 aliphatic rings. The van der Waals surface area contributed by atoms with Gasteiger partial charge in [-0.25, -0.2) is 9.78 Å². The first-order valence-electron chi connectivity index (χ1n) is 11.7. The van der Waals surface area contributed by atoms with Gasteiger partial charge < -0.3 is 42.6 Å². The first-order chi connectivity index (χ1) is 17.0. The Kier molecular flexibility index (Phi) is 13.1. The summed E-state index contributed by atoms with van der Waals surface area (Å²) in [5, 5.41) is 25.8. The van der Waals surface area contributed by atoms with Crippen molar-refractivity contribution in [1.29, 1.82) is 0 Å². The largest absolute Gasteiger partial charge is 0.481 e. The van der Waals surface area contributed by atoms with Gasteiger partial charge in [-0.1, -0.05) is 20.3 Å². The Hall–Kier alpha value is -3.52. The third-order valence-electron chi connectivity index (χ3n) is 5.43. The van der Waals surface area contributed by atoms with E-state index >= 15 is 0 Å². The predicted octanol–water partition coefficient (Wildman–Crippen LogP) is -1.53. The fourth-order valence-electron chi connectivity index (χ4n) is 3.32. The van der Waals surface area contributed by atoms with E-state index in [0.29, 0.717) is 31.5 Å². The van der Waals surface area contributed by atoms with E-state index in [1.807, 2.05) is 0 Å². The quantitative estimate of drug-likeness (QED) is 0.112. The summed E-state index contributed by atoms with van der Waals surface area (Å²) in [6.07, 6.45) is 3.77. The number of aromatic amines is 1. The number of nitrogens with two attached hydrogens (primary N) is 2. The average Bonchev–Trinajstić information content (AvgIpc) is 3.31. The van der Waals surface area contributed by atoms with Gasteiger partial charge in [0.2, 0.25) is 17.7 Å². The molecule has 0 aliphatic heterocycles. The normalized spacial score (nSPS) is 14.4. The van der Waals surface area contributed by atoms with Crippen LogP contribution in [0.2, 0.25) is 0 Å². The molecule has 4 atom stereocenters. The number of carboxylic acid groups (broad SMARTS) is 2. The van der Waals surface area contributed by atoms with Crippen molar-refractivity contribution in [3.63, 3.8) is 0 Å². The number of nitrogens with zero attached hydrogens (tertiary/aromatic N) is 1. The topological polar surface area (TPSA) is 243 Å².